The van der Waals surface area contributed by atoms with Crippen molar-refractivity contribution in [3.05, 3.63) is 12.4 Å². The van der Waals surface area contributed by atoms with Gasteiger partial charge in [0.25, 0.3) is 0 Å². The second-order valence-electron chi connectivity index (χ2n) is 2.48. The van der Waals surface area contributed by atoms with Crippen molar-refractivity contribution in [2.75, 3.05) is 6.54 Å². The summed E-state index contributed by atoms with van der Waals surface area (Å²) in [6, 6.07) is 0. The first-order valence-electron chi connectivity index (χ1n) is 4.18. The molecule has 0 bridgehead atoms. The predicted molar refractivity (Wildman–Crippen MR) is 50.8 cm³/mol. The van der Waals surface area contributed by atoms with Crippen molar-refractivity contribution >= 4 is 6.09 Å². The summed E-state index contributed by atoms with van der Waals surface area (Å²) in [7, 11) is 0. The molecule has 0 spiro atoms. The van der Waals surface area contributed by atoms with Crippen LogP contribution in [-0.2, 0) is 6.54 Å². The van der Waals surface area contributed by atoms with Crippen LogP contribution in [0.25, 0.3) is 0 Å². The number of rotatable bonds is 3. The third-order valence-electron chi connectivity index (χ3n) is 1.48. The Balaban J connectivity index is 2.44. The highest BCUT2D eigenvalue weighted by Gasteiger charge is 2.04. The largest absolute Gasteiger partial charge is 0.413 e. The number of terminal acetylenes is 1. The van der Waals surface area contributed by atoms with Crippen LogP contribution in [-0.4, -0.2) is 22.4 Å². The molecule has 0 aliphatic carbocycles. The summed E-state index contributed by atoms with van der Waals surface area (Å²) < 4.78 is 6.53. The number of ether oxygens (including phenoxy) is 1. The SMILES string of the molecule is C#CCNC(=O)Oc1cnn(CC)c1. The fraction of sp³-hybridized carbons (Fsp3) is 0.333. The fourth-order valence-electron chi connectivity index (χ4n) is 0.837. The number of nitrogens with zero attached hydrogens (tertiary/aromatic N) is 2. The van der Waals surface area contributed by atoms with E-state index in [-0.39, 0.29) is 6.54 Å². The zero-order valence-corrected chi connectivity index (χ0v) is 7.86. The maximum atomic E-state index is 11.0. The summed E-state index contributed by atoms with van der Waals surface area (Å²) in [5.74, 6) is 2.67. The molecule has 14 heavy (non-hydrogen) atoms. The normalized spacial score (nSPS) is 9.14. The molecule has 1 rings (SSSR count). The summed E-state index contributed by atoms with van der Waals surface area (Å²) in [6.45, 7) is 2.82. The van der Waals surface area contributed by atoms with Crippen LogP contribution < -0.4 is 10.1 Å². The summed E-state index contributed by atoms with van der Waals surface area (Å²) >= 11 is 0. The number of aromatic nitrogens is 2. The molecule has 0 saturated carbocycles. The van der Waals surface area contributed by atoms with Gasteiger partial charge in [-0.2, -0.15) is 5.10 Å². The molecule has 5 nitrogen and oxygen atoms in total. The first-order chi connectivity index (χ1) is 6.76. The average molecular weight is 193 g/mol. The summed E-state index contributed by atoms with van der Waals surface area (Å²) in [4.78, 5) is 11.0. The highest BCUT2D eigenvalue weighted by molar-refractivity contribution is 5.70. The zero-order chi connectivity index (χ0) is 10.4. The molecule has 0 aliphatic rings. The van der Waals surface area contributed by atoms with Crippen LogP contribution in [0, 0.1) is 12.3 Å². The van der Waals surface area contributed by atoms with Gasteiger partial charge in [-0.1, -0.05) is 5.92 Å². The lowest BCUT2D eigenvalue weighted by Crippen LogP contribution is -2.26. The van der Waals surface area contributed by atoms with Crippen LogP contribution in [0.4, 0.5) is 4.79 Å². The Morgan fingerprint density at radius 2 is 2.64 bits per heavy atom. The molecule has 74 valence electrons. The van der Waals surface area contributed by atoms with E-state index in [9.17, 15) is 4.79 Å². The Kier molecular flexibility index (Phi) is 3.56. The minimum absolute atomic E-state index is 0.154. The van der Waals surface area contributed by atoms with Crippen molar-refractivity contribution in [2.45, 2.75) is 13.5 Å². The Morgan fingerprint density at radius 3 is 3.21 bits per heavy atom. The van der Waals surface area contributed by atoms with Crippen molar-refractivity contribution in [3.8, 4) is 18.1 Å². The van der Waals surface area contributed by atoms with Crippen molar-refractivity contribution in [1.29, 1.82) is 0 Å². The molecule has 0 fully saturated rings. The number of aryl methyl sites for hydroxylation is 1. The first-order valence-corrected chi connectivity index (χ1v) is 4.18. The summed E-state index contributed by atoms with van der Waals surface area (Å²) in [5, 5.41) is 6.31. The highest BCUT2D eigenvalue weighted by Crippen LogP contribution is 2.07. The van der Waals surface area contributed by atoms with Gasteiger partial charge in [0.05, 0.1) is 18.9 Å². The van der Waals surface area contributed by atoms with Gasteiger partial charge in [-0.15, -0.1) is 6.42 Å². The van der Waals surface area contributed by atoms with Crippen molar-refractivity contribution < 1.29 is 9.53 Å². The number of hydrogen-bond donors (Lipinski definition) is 1. The average Bonchev–Trinajstić information content (AvgIpc) is 2.62. The van der Waals surface area contributed by atoms with Crippen LogP contribution >= 0.6 is 0 Å². The van der Waals surface area contributed by atoms with E-state index in [2.05, 4.69) is 16.3 Å². The van der Waals surface area contributed by atoms with E-state index < -0.39 is 6.09 Å². The number of carbonyl (C=O) groups is 1. The van der Waals surface area contributed by atoms with E-state index in [1.165, 1.54) is 6.20 Å². The van der Waals surface area contributed by atoms with Gasteiger partial charge in [0, 0.05) is 6.54 Å². The third-order valence-corrected chi connectivity index (χ3v) is 1.48. The zero-order valence-electron chi connectivity index (χ0n) is 7.86. The molecular formula is C9H11N3O2. The standard InChI is InChI=1S/C9H11N3O2/c1-3-5-10-9(13)14-8-6-11-12(4-2)7-8/h1,6-7H,4-5H2,2H3,(H,10,13). The Labute approximate surface area is 82.1 Å². The van der Waals surface area contributed by atoms with Gasteiger partial charge in [0.2, 0.25) is 0 Å². The fourth-order valence-corrected chi connectivity index (χ4v) is 0.837. The van der Waals surface area contributed by atoms with Crippen molar-refractivity contribution in [1.82, 2.24) is 15.1 Å². The van der Waals surface area contributed by atoms with E-state index in [1.54, 1.807) is 10.9 Å². The second kappa shape index (κ2) is 4.92. The van der Waals surface area contributed by atoms with Gasteiger partial charge in [0.15, 0.2) is 5.75 Å². The van der Waals surface area contributed by atoms with E-state index in [0.29, 0.717) is 5.75 Å². The minimum atomic E-state index is -0.571. The molecule has 1 heterocycles. The molecule has 1 aromatic rings. The molecule has 0 radical (unpaired) electrons. The van der Waals surface area contributed by atoms with Crippen LogP contribution in [0.1, 0.15) is 6.92 Å². The predicted octanol–water partition coefficient (Wildman–Crippen LogP) is 0.625. The topological polar surface area (TPSA) is 56.1 Å². The van der Waals surface area contributed by atoms with E-state index in [0.717, 1.165) is 6.54 Å². The maximum absolute atomic E-state index is 11.0. The Hall–Kier alpha value is -1.96. The van der Waals surface area contributed by atoms with Gasteiger partial charge < -0.3 is 10.1 Å². The van der Waals surface area contributed by atoms with E-state index in [4.69, 9.17) is 11.2 Å². The highest BCUT2D eigenvalue weighted by atomic mass is 16.6. The molecule has 1 amide bonds. The molecule has 5 heteroatoms. The van der Waals surface area contributed by atoms with Crippen molar-refractivity contribution in [3.63, 3.8) is 0 Å². The van der Waals surface area contributed by atoms with Crippen LogP contribution in [0.15, 0.2) is 12.4 Å². The number of amides is 1. The third kappa shape index (κ3) is 2.83. The van der Waals surface area contributed by atoms with Gasteiger partial charge in [-0.25, -0.2) is 4.79 Å². The van der Waals surface area contributed by atoms with Gasteiger partial charge in [-0.05, 0) is 6.92 Å². The lowest BCUT2D eigenvalue weighted by Gasteiger charge is -2.00. The van der Waals surface area contributed by atoms with E-state index in [1.807, 2.05) is 6.92 Å². The van der Waals surface area contributed by atoms with Gasteiger partial charge >= 0.3 is 6.09 Å². The molecule has 0 atom stereocenters. The molecule has 0 aromatic carbocycles. The lowest BCUT2D eigenvalue weighted by atomic mass is 10.6. The van der Waals surface area contributed by atoms with Crippen molar-refractivity contribution in [2.24, 2.45) is 0 Å². The molecule has 0 saturated heterocycles. The Bertz CT molecular complexity index is 351. The van der Waals surface area contributed by atoms with Gasteiger partial charge in [0.1, 0.15) is 0 Å². The van der Waals surface area contributed by atoms with Crippen LogP contribution in [0.5, 0.6) is 5.75 Å². The summed E-state index contributed by atoms with van der Waals surface area (Å²) in [5.41, 5.74) is 0. The minimum Gasteiger partial charge on any atom is -0.407 e. The molecule has 0 unspecified atom stereocenters. The molecular weight excluding hydrogens is 182 g/mol. The summed E-state index contributed by atoms with van der Waals surface area (Å²) in [6.07, 6.45) is 7.49. The molecule has 1 N–H and O–H groups in total. The Morgan fingerprint density at radius 1 is 1.86 bits per heavy atom. The lowest BCUT2D eigenvalue weighted by molar-refractivity contribution is 0.202. The monoisotopic (exact) mass is 193 g/mol. The molecule has 1 aromatic heterocycles. The smallest absolute Gasteiger partial charge is 0.407 e. The van der Waals surface area contributed by atoms with Crippen LogP contribution in [0.3, 0.4) is 0 Å². The van der Waals surface area contributed by atoms with Gasteiger partial charge in [-0.3, -0.25) is 4.68 Å². The second-order valence-corrected chi connectivity index (χ2v) is 2.48. The molecule has 0 aliphatic heterocycles. The quantitative estimate of drug-likeness (QED) is 0.716. The number of carbonyl (C=O) groups excluding carboxylic acids is 1. The number of hydrogen-bond acceptors (Lipinski definition) is 3. The van der Waals surface area contributed by atoms with Crippen LogP contribution in [0.2, 0.25) is 0 Å². The maximum Gasteiger partial charge on any atom is 0.413 e. The van der Waals surface area contributed by atoms with E-state index >= 15 is 0 Å². The first kappa shape index (κ1) is 10.1. The number of nitrogens with one attached hydrogen (secondary N) is 1.